The van der Waals surface area contributed by atoms with Gasteiger partial charge in [0.05, 0.1) is 11.7 Å². The largest absolute Gasteiger partial charge is 0.464 e. The molecule has 1 aliphatic rings. The highest BCUT2D eigenvalue weighted by Gasteiger charge is 2.25. The van der Waals surface area contributed by atoms with E-state index < -0.39 is 11.9 Å². The molecule has 0 aliphatic carbocycles. The molecule has 7 heteroatoms. The molecule has 0 aromatic heterocycles. The van der Waals surface area contributed by atoms with Crippen molar-refractivity contribution in [2.75, 3.05) is 25.4 Å². The summed E-state index contributed by atoms with van der Waals surface area (Å²) in [6.07, 6.45) is 1.17. The van der Waals surface area contributed by atoms with Crippen LogP contribution in [-0.2, 0) is 16.0 Å². The van der Waals surface area contributed by atoms with Crippen molar-refractivity contribution in [3.8, 4) is 0 Å². The zero-order valence-corrected chi connectivity index (χ0v) is 13.8. The molecular formula is C16H20F2N2O2S. The van der Waals surface area contributed by atoms with E-state index in [4.69, 9.17) is 4.74 Å². The fourth-order valence-corrected chi connectivity index (χ4v) is 3.18. The van der Waals surface area contributed by atoms with Crippen LogP contribution in [0.4, 0.5) is 8.78 Å². The first-order valence-corrected chi connectivity index (χ1v) is 8.59. The molecule has 0 bridgehead atoms. The van der Waals surface area contributed by atoms with E-state index in [1.54, 1.807) is 18.7 Å². The van der Waals surface area contributed by atoms with Crippen molar-refractivity contribution in [2.24, 2.45) is 4.99 Å². The van der Waals surface area contributed by atoms with Crippen molar-refractivity contribution in [1.82, 2.24) is 5.32 Å². The van der Waals surface area contributed by atoms with Crippen LogP contribution in [0.1, 0.15) is 18.9 Å². The van der Waals surface area contributed by atoms with E-state index in [1.807, 2.05) is 0 Å². The Morgan fingerprint density at radius 3 is 3.09 bits per heavy atom. The summed E-state index contributed by atoms with van der Waals surface area (Å²) < 4.78 is 31.4. The van der Waals surface area contributed by atoms with Crippen molar-refractivity contribution >= 4 is 22.8 Å². The van der Waals surface area contributed by atoms with Crippen molar-refractivity contribution in [3.05, 3.63) is 35.4 Å². The minimum absolute atomic E-state index is 0.281. The monoisotopic (exact) mass is 342 g/mol. The number of esters is 1. The fourth-order valence-electron chi connectivity index (χ4n) is 2.21. The first kappa shape index (κ1) is 17.9. The average Bonchev–Trinajstić information content (AvgIpc) is 2.99. The molecule has 2 rings (SSSR count). The Morgan fingerprint density at radius 1 is 1.48 bits per heavy atom. The van der Waals surface area contributed by atoms with Crippen LogP contribution < -0.4 is 5.32 Å². The summed E-state index contributed by atoms with van der Waals surface area (Å²) in [6, 6.07) is 3.10. The summed E-state index contributed by atoms with van der Waals surface area (Å²) in [6.45, 7) is 3.37. The van der Waals surface area contributed by atoms with Crippen LogP contribution >= 0.6 is 11.8 Å². The van der Waals surface area contributed by atoms with Crippen molar-refractivity contribution in [3.63, 3.8) is 0 Å². The minimum Gasteiger partial charge on any atom is -0.464 e. The van der Waals surface area contributed by atoms with Gasteiger partial charge in [0.25, 0.3) is 0 Å². The predicted octanol–water partition coefficient (Wildman–Crippen LogP) is 2.56. The number of nitrogens with one attached hydrogen (secondary N) is 1. The SMILES string of the molecule is CCOC(=O)C1CSC(CNCCCc2cc(F)ccc2F)=N1. The molecule has 0 radical (unpaired) electrons. The first-order valence-electron chi connectivity index (χ1n) is 7.61. The van der Waals surface area contributed by atoms with Crippen LogP contribution in [0.2, 0.25) is 0 Å². The van der Waals surface area contributed by atoms with Gasteiger partial charge in [0.15, 0.2) is 6.04 Å². The number of ether oxygens (including phenoxy) is 1. The molecule has 1 heterocycles. The molecule has 0 fully saturated rings. The third-order valence-electron chi connectivity index (χ3n) is 3.35. The number of aliphatic imine (C=N–C) groups is 1. The van der Waals surface area contributed by atoms with Crippen LogP contribution in [0.5, 0.6) is 0 Å². The number of hydrogen-bond acceptors (Lipinski definition) is 5. The third-order valence-corrected chi connectivity index (χ3v) is 4.42. The molecule has 1 aliphatic heterocycles. The van der Waals surface area contributed by atoms with Gasteiger partial charge < -0.3 is 10.1 Å². The average molecular weight is 342 g/mol. The zero-order valence-electron chi connectivity index (χ0n) is 13.0. The number of hydrogen-bond donors (Lipinski definition) is 1. The molecular weight excluding hydrogens is 322 g/mol. The van der Waals surface area contributed by atoms with E-state index in [1.165, 1.54) is 6.07 Å². The number of halogens is 2. The third kappa shape index (κ3) is 5.58. The number of thioether (sulfide) groups is 1. The van der Waals surface area contributed by atoms with Crippen LogP contribution in [0.3, 0.4) is 0 Å². The Kier molecular flexibility index (Phi) is 6.98. The van der Waals surface area contributed by atoms with Gasteiger partial charge in [0, 0.05) is 12.3 Å². The molecule has 23 heavy (non-hydrogen) atoms. The Bertz CT molecular complexity index is 581. The van der Waals surface area contributed by atoms with Crippen molar-refractivity contribution < 1.29 is 18.3 Å². The number of nitrogens with zero attached hydrogens (tertiary/aromatic N) is 1. The van der Waals surface area contributed by atoms with Gasteiger partial charge in [-0.1, -0.05) is 0 Å². The first-order chi connectivity index (χ1) is 11.1. The fraction of sp³-hybridized carbons (Fsp3) is 0.500. The van der Waals surface area contributed by atoms with Crippen LogP contribution in [0.25, 0.3) is 0 Å². The minimum atomic E-state index is -0.420. The lowest BCUT2D eigenvalue weighted by molar-refractivity contribution is -0.143. The Balaban J connectivity index is 1.67. The quantitative estimate of drug-likeness (QED) is 0.583. The van der Waals surface area contributed by atoms with Gasteiger partial charge in [-0.3, -0.25) is 4.99 Å². The van der Waals surface area contributed by atoms with Crippen molar-refractivity contribution in [1.29, 1.82) is 0 Å². The predicted molar refractivity (Wildman–Crippen MR) is 87.9 cm³/mol. The number of aryl methyl sites for hydroxylation is 1. The molecule has 0 saturated heterocycles. The summed E-state index contributed by atoms with van der Waals surface area (Å²) in [7, 11) is 0. The van der Waals surface area contributed by atoms with E-state index in [0.717, 1.165) is 17.2 Å². The molecule has 1 N–H and O–H groups in total. The maximum atomic E-state index is 13.5. The molecule has 0 spiro atoms. The molecule has 126 valence electrons. The maximum Gasteiger partial charge on any atom is 0.331 e. The molecule has 1 aromatic rings. The van der Waals surface area contributed by atoms with Crippen LogP contribution in [-0.4, -0.2) is 42.5 Å². The second kappa shape index (κ2) is 8.98. The highest BCUT2D eigenvalue weighted by atomic mass is 32.2. The number of rotatable bonds is 8. The summed E-state index contributed by atoms with van der Waals surface area (Å²) in [5.74, 6) is -0.461. The van der Waals surface area contributed by atoms with Gasteiger partial charge in [-0.2, -0.15) is 0 Å². The normalized spacial score (nSPS) is 17.2. The van der Waals surface area contributed by atoms with Gasteiger partial charge in [0.1, 0.15) is 11.6 Å². The topological polar surface area (TPSA) is 50.7 Å². The smallest absolute Gasteiger partial charge is 0.331 e. The molecule has 0 saturated carbocycles. The lowest BCUT2D eigenvalue weighted by Crippen LogP contribution is -2.23. The molecule has 1 aromatic carbocycles. The Hall–Kier alpha value is -1.47. The Labute approximate surface area is 138 Å². The summed E-state index contributed by atoms with van der Waals surface area (Å²) in [5.41, 5.74) is 0.391. The second-order valence-electron chi connectivity index (χ2n) is 5.12. The standard InChI is InChI=1S/C16H20F2N2O2S/c1-2-22-16(21)14-10-23-15(20-14)9-19-7-3-4-11-8-12(17)5-6-13(11)18/h5-6,8,14,19H,2-4,7,9-10H2,1H3. The van der Waals surface area contributed by atoms with Gasteiger partial charge >= 0.3 is 5.97 Å². The molecule has 0 amide bonds. The second-order valence-corrected chi connectivity index (χ2v) is 6.21. The highest BCUT2D eigenvalue weighted by molar-refractivity contribution is 8.14. The summed E-state index contributed by atoms with van der Waals surface area (Å²) in [4.78, 5) is 15.9. The van der Waals surface area contributed by atoms with Gasteiger partial charge in [0.2, 0.25) is 0 Å². The summed E-state index contributed by atoms with van der Waals surface area (Å²) >= 11 is 1.54. The molecule has 1 unspecified atom stereocenters. The zero-order chi connectivity index (χ0) is 16.7. The van der Waals surface area contributed by atoms with E-state index in [9.17, 15) is 13.6 Å². The lowest BCUT2D eigenvalue weighted by atomic mass is 10.1. The van der Waals surface area contributed by atoms with Gasteiger partial charge in [-0.05, 0) is 50.1 Å². The van der Waals surface area contributed by atoms with Crippen LogP contribution in [0.15, 0.2) is 23.2 Å². The number of carbonyl (C=O) groups is 1. The number of carbonyl (C=O) groups excluding carboxylic acids is 1. The Morgan fingerprint density at radius 2 is 2.30 bits per heavy atom. The van der Waals surface area contributed by atoms with E-state index in [0.29, 0.717) is 43.9 Å². The lowest BCUT2D eigenvalue weighted by Gasteiger charge is -2.05. The van der Waals surface area contributed by atoms with Gasteiger partial charge in [-0.25, -0.2) is 13.6 Å². The van der Waals surface area contributed by atoms with Crippen molar-refractivity contribution in [2.45, 2.75) is 25.8 Å². The molecule has 1 atom stereocenters. The van der Waals surface area contributed by atoms with E-state index >= 15 is 0 Å². The van der Waals surface area contributed by atoms with Crippen LogP contribution in [0, 0.1) is 11.6 Å². The van der Waals surface area contributed by atoms with E-state index in [2.05, 4.69) is 10.3 Å². The highest BCUT2D eigenvalue weighted by Crippen LogP contribution is 2.18. The number of benzene rings is 1. The van der Waals surface area contributed by atoms with E-state index in [-0.39, 0.29) is 11.8 Å². The maximum absolute atomic E-state index is 13.5. The molecule has 4 nitrogen and oxygen atoms in total. The van der Waals surface area contributed by atoms with Gasteiger partial charge in [-0.15, -0.1) is 11.8 Å². The summed E-state index contributed by atoms with van der Waals surface area (Å²) in [5, 5.41) is 4.08.